The summed E-state index contributed by atoms with van der Waals surface area (Å²) in [6, 6.07) is 0. The Hall–Kier alpha value is -1.43. The number of amides is 1. The summed E-state index contributed by atoms with van der Waals surface area (Å²) in [7, 11) is 0. The molecule has 1 rings (SSSR count). The Balaban J connectivity index is 2.72. The summed E-state index contributed by atoms with van der Waals surface area (Å²) >= 11 is 0. The molecule has 0 spiro atoms. The minimum Gasteiger partial charge on any atom is -0.344 e. The highest BCUT2D eigenvalue weighted by molar-refractivity contribution is 5.92. The highest BCUT2D eigenvalue weighted by atomic mass is 16.2. The van der Waals surface area contributed by atoms with E-state index in [1.54, 1.807) is 0 Å². The van der Waals surface area contributed by atoms with Gasteiger partial charge in [-0.1, -0.05) is 13.8 Å². The van der Waals surface area contributed by atoms with Gasteiger partial charge in [0.1, 0.15) is 0 Å². The molecule has 0 aliphatic rings. The van der Waals surface area contributed by atoms with Crippen LogP contribution in [0.15, 0.2) is 6.20 Å². The summed E-state index contributed by atoms with van der Waals surface area (Å²) in [5.41, 5.74) is 5.50. The second-order valence-corrected chi connectivity index (χ2v) is 4.09. The van der Waals surface area contributed by atoms with Gasteiger partial charge in [0, 0.05) is 6.54 Å². The minimum absolute atomic E-state index is 0.248. The molecule has 1 heterocycles. The van der Waals surface area contributed by atoms with E-state index in [0.717, 1.165) is 0 Å². The molecule has 1 unspecified atom stereocenters. The number of hydrogen-bond acceptors (Lipinski definition) is 4. The molecule has 6 nitrogen and oxygen atoms in total. The first-order valence-electron chi connectivity index (χ1n) is 4.88. The number of carbonyl (C=O) groups is 1. The topological polar surface area (TPSA) is 96.7 Å². The fraction of sp³-hybridized carbons (Fsp3) is 0.667. The zero-order valence-corrected chi connectivity index (χ0v) is 9.24. The van der Waals surface area contributed by atoms with E-state index >= 15 is 0 Å². The molecule has 0 aliphatic carbocycles. The summed E-state index contributed by atoms with van der Waals surface area (Å²) in [6.45, 7) is 6.32. The molecule has 0 saturated carbocycles. The van der Waals surface area contributed by atoms with Gasteiger partial charge >= 0.3 is 0 Å². The number of aromatic amines is 1. The molecule has 0 saturated heterocycles. The lowest BCUT2D eigenvalue weighted by Crippen LogP contribution is -2.55. The SMILES string of the molecule is CC(C)C(C)(CN)NC(=O)c1cn[nH]n1. The van der Waals surface area contributed by atoms with Crippen molar-refractivity contribution in [3.05, 3.63) is 11.9 Å². The Labute approximate surface area is 88.6 Å². The molecule has 0 aromatic carbocycles. The maximum absolute atomic E-state index is 11.7. The van der Waals surface area contributed by atoms with Crippen LogP contribution in [-0.4, -0.2) is 33.4 Å². The lowest BCUT2D eigenvalue weighted by molar-refractivity contribution is 0.0878. The van der Waals surface area contributed by atoms with Crippen LogP contribution in [0.3, 0.4) is 0 Å². The lowest BCUT2D eigenvalue weighted by atomic mass is 9.88. The molecule has 0 aliphatic heterocycles. The van der Waals surface area contributed by atoms with E-state index in [1.807, 2.05) is 20.8 Å². The number of H-pyrrole nitrogens is 1. The van der Waals surface area contributed by atoms with Crippen LogP contribution in [0.1, 0.15) is 31.3 Å². The Morgan fingerprint density at radius 3 is 2.80 bits per heavy atom. The molecule has 84 valence electrons. The van der Waals surface area contributed by atoms with Crippen LogP contribution in [0.5, 0.6) is 0 Å². The molecule has 0 fully saturated rings. The summed E-state index contributed by atoms with van der Waals surface area (Å²) in [5, 5.41) is 12.5. The van der Waals surface area contributed by atoms with Gasteiger partial charge in [-0.3, -0.25) is 4.79 Å². The minimum atomic E-state index is -0.421. The van der Waals surface area contributed by atoms with Gasteiger partial charge in [0.05, 0.1) is 11.7 Å². The Morgan fingerprint density at radius 1 is 1.73 bits per heavy atom. The Morgan fingerprint density at radius 2 is 2.40 bits per heavy atom. The molecular weight excluding hydrogens is 194 g/mol. The Bertz CT molecular complexity index is 321. The standard InChI is InChI=1S/C9H17N5O/c1-6(2)9(3,5-10)12-8(15)7-4-11-14-13-7/h4,6H,5,10H2,1-3H3,(H,12,15)(H,11,13,14). The van der Waals surface area contributed by atoms with Crippen molar-refractivity contribution in [3.8, 4) is 0 Å². The van der Waals surface area contributed by atoms with E-state index in [0.29, 0.717) is 6.54 Å². The maximum Gasteiger partial charge on any atom is 0.273 e. The quantitative estimate of drug-likeness (QED) is 0.648. The average Bonchev–Trinajstić information content (AvgIpc) is 2.70. The molecule has 1 aromatic heterocycles. The third-order valence-electron chi connectivity index (χ3n) is 2.75. The van der Waals surface area contributed by atoms with Crippen LogP contribution in [0.4, 0.5) is 0 Å². The van der Waals surface area contributed by atoms with Crippen molar-refractivity contribution in [1.82, 2.24) is 20.7 Å². The van der Waals surface area contributed by atoms with Gasteiger partial charge in [0.25, 0.3) is 5.91 Å². The number of aromatic nitrogens is 3. The van der Waals surface area contributed by atoms with Crippen LogP contribution in [0, 0.1) is 5.92 Å². The van der Waals surface area contributed by atoms with Crippen LogP contribution < -0.4 is 11.1 Å². The smallest absolute Gasteiger partial charge is 0.273 e. The van der Waals surface area contributed by atoms with E-state index < -0.39 is 5.54 Å². The van der Waals surface area contributed by atoms with Crippen molar-refractivity contribution in [2.45, 2.75) is 26.3 Å². The van der Waals surface area contributed by atoms with Gasteiger partial charge in [0.2, 0.25) is 0 Å². The largest absolute Gasteiger partial charge is 0.344 e. The number of rotatable bonds is 4. The van der Waals surface area contributed by atoms with Crippen molar-refractivity contribution in [2.75, 3.05) is 6.54 Å². The first kappa shape index (κ1) is 11.6. The number of nitrogens with one attached hydrogen (secondary N) is 2. The summed E-state index contributed by atoms with van der Waals surface area (Å²) in [6.07, 6.45) is 1.38. The normalized spacial score (nSPS) is 15.0. The molecular formula is C9H17N5O. The van der Waals surface area contributed by atoms with E-state index in [1.165, 1.54) is 6.20 Å². The van der Waals surface area contributed by atoms with E-state index in [2.05, 4.69) is 20.7 Å². The lowest BCUT2D eigenvalue weighted by Gasteiger charge is -2.33. The van der Waals surface area contributed by atoms with Crippen molar-refractivity contribution in [3.63, 3.8) is 0 Å². The Kier molecular flexibility index (Phi) is 3.41. The van der Waals surface area contributed by atoms with Gasteiger partial charge in [-0.05, 0) is 12.8 Å². The third-order valence-corrected chi connectivity index (χ3v) is 2.75. The highest BCUT2D eigenvalue weighted by Crippen LogP contribution is 2.15. The van der Waals surface area contributed by atoms with E-state index in [-0.39, 0.29) is 17.5 Å². The van der Waals surface area contributed by atoms with Crippen molar-refractivity contribution in [2.24, 2.45) is 11.7 Å². The molecule has 1 aromatic rings. The van der Waals surface area contributed by atoms with E-state index in [4.69, 9.17) is 5.73 Å². The van der Waals surface area contributed by atoms with Crippen LogP contribution in [0.2, 0.25) is 0 Å². The first-order chi connectivity index (χ1) is 6.99. The second-order valence-electron chi connectivity index (χ2n) is 4.09. The number of carbonyl (C=O) groups excluding carboxylic acids is 1. The van der Waals surface area contributed by atoms with Gasteiger partial charge < -0.3 is 11.1 Å². The van der Waals surface area contributed by atoms with Gasteiger partial charge in [-0.25, -0.2) is 0 Å². The van der Waals surface area contributed by atoms with Crippen molar-refractivity contribution < 1.29 is 4.79 Å². The molecule has 15 heavy (non-hydrogen) atoms. The zero-order chi connectivity index (χ0) is 11.5. The van der Waals surface area contributed by atoms with Gasteiger partial charge in [-0.15, -0.1) is 0 Å². The fourth-order valence-corrected chi connectivity index (χ4v) is 1.07. The number of nitrogens with zero attached hydrogens (tertiary/aromatic N) is 2. The molecule has 1 amide bonds. The van der Waals surface area contributed by atoms with Gasteiger partial charge in [-0.2, -0.15) is 15.4 Å². The second kappa shape index (κ2) is 4.39. The maximum atomic E-state index is 11.7. The summed E-state index contributed by atoms with van der Waals surface area (Å²) in [4.78, 5) is 11.7. The summed E-state index contributed by atoms with van der Waals surface area (Å²) < 4.78 is 0. The highest BCUT2D eigenvalue weighted by Gasteiger charge is 2.29. The van der Waals surface area contributed by atoms with Crippen molar-refractivity contribution >= 4 is 5.91 Å². The number of hydrogen-bond donors (Lipinski definition) is 3. The zero-order valence-electron chi connectivity index (χ0n) is 9.24. The first-order valence-corrected chi connectivity index (χ1v) is 4.88. The van der Waals surface area contributed by atoms with E-state index in [9.17, 15) is 4.79 Å². The molecule has 6 heteroatoms. The summed E-state index contributed by atoms with van der Waals surface area (Å²) in [5.74, 6) is -0.0104. The van der Waals surface area contributed by atoms with Gasteiger partial charge in [0.15, 0.2) is 5.69 Å². The fourth-order valence-electron chi connectivity index (χ4n) is 1.07. The predicted molar refractivity (Wildman–Crippen MR) is 56.1 cm³/mol. The third kappa shape index (κ3) is 2.53. The van der Waals surface area contributed by atoms with Crippen LogP contribution >= 0.6 is 0 Å². The monoisotopic (exact) mass is 211 g/mol. The molecule has 4 N–H and O–H groups in total. The molecule has 0 bridgehead atoms. The number of nitrogens with two attached hydrogens (primary N) is 1. The molecule has 1 atom stereocenters. The predicted octanol–water partition coefficient (Wildman–Crippen LogP) is -0.0921. The van der Waals surface area contributed by atoms with Crippen LogP contribution in [-0.2, 0) is 0 Å². The van der Waals surface area contributed by atoms with Crippen molar-refractivity contribution in [1.29, 1.82) is 0 Å². The van der Waals surface area contributed by atoms with Crippen LogP contribution in [0.25, 0.3) is 0 Å². The average molecular weight is 211 g/mol. The molecule has 0 radical (unpaired) electrons.